The van der Waals surface area contributed by atoms with Gasteiger partial charge in [0.15, 0.2) is 0 Å². The van der Waals surface area contributed by atoms with Crippen molar-refractivity contribution in [2.45, 2.75) is 80.1 Å². The second-order valence-corrected chi connectivity index (χ2v) is 10.4. The predicted octanol–water partition coefficient (Wildman–Crippen LogP) is 6.09. The van der Waals surface area contributed by atoms with E-state index in [1.54, 1.807) is 0 Å². The smallest absolute Gasteiger partial charge is 0.314 e. The van der Waals surface area contributed by atoms with Crippen LogP contribution in [0.4, 0.5) is 11.4 Å². The second kappa shape index (κ2) is 8.25. The summed E-state index contributed by atoms with van der Waals surface area (Å²) in [7, 11) is 0. The molecule has 2 aromatic carbocycles. The Hall–Kier alpha value is -2.62. The number of carbonyl (C=O) groups is 2. The topological polar surface area (TPSA) is 58.2 Å². The summed E-state index contributed by atoms with van der Waals surface area (Å²) >= 11 is 0. The van der Waals surface area contributed by atoms with Gasteiger partial charge in [0, 0.05) is 11.4 Å². The fourth-order valence-corrected chi connectivity index (χ4v) is 3.53. The summed E-state index contributed by atoms with van der Waals surface area (Å²) in [6, 6.07) is 8.28. The molecule has 0 aliphatic rings. The van der Waals surface area contributed by atoms with Crippen LogP contribution in [0.25, 0.3) is 0 Å². The lowest BCUT2D eigenvalue weighted by Crippen LogP contribution is -2.30. The van der Waals surface area contributed by atoms with Crippen LogP contribution in [0.5, 0.6) is 0 Å². The van der Waals surface area contributed by atoms with Crippen molar-refractivity contribution in [2.75, 3.05) is 10.6 Å². The number of rotatable bonds is 2. The van der Waals surface area contributed by atoms with Crippen LogP contribution in [0.3, 0.4) is 0 Å². The van der Waals surface area contributed by atoms with Crippen molar-refractivity contribution in [2.24, 2.45) is 0 Å². The van der Waals surface area contributed by atoms with Gasteiger partial charge in [-0.25, -0.2) is 0 Å². The quantitative estimate of drug-likeness (QED) is 0.591. The van der Waals surface area contributed by atoms with E-state index in [2.05, 4.69) is 76.4 Å². The van der Waals surface area contributed by atoms with E-state index in [0.717, 1.165) is 22.3 Å². The average Bonchev–Trinajstić information content (AvgIpc) is 2.58. The highest BCUT2D eigenvalue weighted by Gasteiger charge is 2.22. The molecule has 0 aliphatic heterocycles. The highest BCUT2D eigenvalue weighted by Crippen LogP contribution is 2.31. The minimum absolute atomic E-state index is 0.0176. The maximum atomic E-state index is 12.6. The monoisotopic (exact) mass is 408 g/mol. The average molecular weight is 409 g/mol. The summed E-state index contributed by atoms with van der Waals surface area (Å²) < 4.78 is 0. The van der Waals surface area contributed by atoms with E-state index in [9.17, 15) is 9.59 Å². The van der Waals surface area contributed by atoms with Crippen LogP contribution in [-0.2, 0) is 20.4 Å². The summed E-state index contributed by atoms with van der Waals surface area (Å²) in [6.45, 7) is 20.7. The fraction of sp³-hybridized carbons (Fsp3) is 0.462. The molecular formula is C26H36N2O2. The predicted molar refractivity (Wildman–Crippen MR) is 126 cm³/mol. The SMILES string of the molecule is Cc1cc(C(C)(C)C)cc(C)c1NC(=O)C(=O)Nc1c(C)cc(C(C)(C)C)cc1C. The molecule has 0 unspecified atom stereocenters. The molecule has 0 radical (unpaired) electrons. The zero-order valence-electron chi connectivity index (χ0n) is 20.1. The number of benzene rings is 2. The van der Waals surface area contributed by atoms with Gasteiger partial charge in [-0.1, -0.05) is 65.8 Å². The number of carbonyl (C=O) groups excluding carboxylic acids is 2. The lowest BCUT2D eigenvalue weighted by molar-refractivity contribution is -0.133. The van der Waals surface area contributed by atoms with Gasteiger partial charge in [0.1, 0.15) is 0 Å². The molecule has 0 aromatic heterocycles. The molecule has 162 valence electrons. The van der Waals surface area contributed by atoms with Crippen LogP contribution < -0.4 is 10.6 Å². The van der Waals surface area contributed by atoms with Gasteiger partial charge in [-0.2, -0.15) is 0 Å². The second-order valence-electron chi connectivity index (χ2n) is 10.4. The Labute approximate surface area is 181 Å². The number of nitrogens with one attached hydrogen (secondary N) is 2. The molecule has 2 aromatic rings. The fourth-order valence-electron chi connectivity index (χ4n) is 3.53. The van der Waals surface area contributed by atoms with Gasteiger partial charge in [0.05, 0.1) is 0 Å². The van der Waals surface area contributed by atoms with Crippen LogP contribution in [0, 0.1) is 27.7 Å². The molecule has 0 spiro atoms. The van der Waals surface area contributed by atoms with Crippen molar-refractivity contribution >= 4 is 23.2 Å². The number of hydrogen-bond donors (Lipinski definition) is 2. The Bertz CT molecular complexity index is 862. The standard InChI is InChI=1S/C26H36N2O2/c1-15-11-19(25(5,6)7)12-16(2)21(15)27-23(29)24(30)28-22-17(3)13-20(14-18(22)4)26(8,9)10/h11-14H,1-10H3,(H,27,29)(H,28,30). The number of amides is 2. The van der Waals surface area contributed by atoms with E-state index in [0.29, 0.717) is 11.4 Å². The maximum absolute atomic E-state index is 12.6. The first kappa shape index (κ1) is 23.7. The molecule has 4 nitrogen and oxygen atoms in total. The zero-order valence-corrected chi connectivity index (χ0v) is 20.1. The normalized spacial score (nSPS) is 11.9. The third-order valence-corrected chi connectivity index (χ3v) is 5.48. The third-order valence-electron chi connectivity index (χ3n) is 5.48. The minimum Gasteiger partial charge on any atom is -0.317 e. The lowest BCUT2D eigenvalue weighted by atomic mass is 9.84. The number of hydrogen-bond acceptors (Lipinski definition) is 2. The van der Waals surface area contributed by atoms with E-state index >= 15 is 0 Å². The van der Waals surface area contributed by atoms with Crippen molar-refractivity contribution in [3.05, 3.63) is 57.6 Å². The molecule has 30 heavy (non-hydrogen) atoms. The maximum Gasteiger partial charge on any atom is 0.314 e. The minimum atomic E-state index is -0.664. The molecule has 0 saturated carbocycles. The largest absolute Gasteiger partial charge is 0.317 e. The van der Waals surface area contributed by atoms with Crippen molar-refractivity contribution in [1.82, 2.24) is 0 Å². The van der Waals surface area contributed by atoms with Crippen LogP contribution in [0.2, 0.25) is 0 Å². The molecule has 0 saturated heterocycles. The molecule has 0 atom stereocenters. The van der Waals surface area contributed by atoms with Crippen molar-refractivity contribution < 1.29 is 9.59 Å². The number of aryl methyl sites for hydroxylation is 4. The molecule has 2 rings (SSSR count). The zero-order chi connectivity index (χ0) is 23.0. The van der Waals surface area contributed by atoms with Gasteiger partial charge in [0.2, 0.25) is 0 Å². The first-order chi connectivity index (χ1) is 13.6. The molecular weight excluding hydrogens is 372 g/mol. The molecule has 4 heteroatoms. The van der Waals surface area contributed by atoms with Crippen LogP contribution >= 0.6 is 0 Å². The summed E-state index contributed by atoms with van der Waals surface area (Å²) in [6.07, 6.45) is 0. The Balaban J connectivity index is 2.23. The Morgan fingerprint density at radius 3 is 1.00 bits per heavy atom. The van der Waals surface area contributed by atoms with Gasteiger partial charge in [-0.3, -0.25) is 9.59 Å². The first-order valence-corrected chi connectivity index (χ1v) is 10.5. The van der Waals surface area contributed by atoms with E-state index in [1.807, 2.05) is 27.7 Å². The lowest BCUT2D eigenvalue weighted by Gasteiger charge is -2.23. The van der Waals surface area contributed by atoms with Crippen LogP contribution in [0.15, 0.2) is 24.3 Å². The Morgan fingerprint density at radius 2 is 0.800 bits per heavy atom. The van der Waals surface area contributed by atoms with Gasteiger partial charge in [-0.05, 0) is 71.9 Å². The van der Waals surface area contributed by atoms with E-state index in [-0.39, 0.29) is 10.8 Å². The molecule has 2 N–H and O–H groups in total. The highest BCUT2D eigenvalue weighted by atomic mass is 16.2. The third kappa shape index (κ3) is 5.29. The van der Waals surface area contributed by atoms with Crippen LogP contribution in [0.1, 0.15) is 74.9 Å². The summed E-state index contributed by atoms with van der Waals surface area (Å²) in [5, 5.41) is 5.60. The Kier molecular flexibility index (Phi) is 6.51. The van der Waals surface area contributed by atoms with Gasteiger partial charge < -0.3 is 10.6 Å². The summed E-state index contributed by atoms with van der Waals surface area (Å²) in [5.41, 5.74) is 7.61. The van der Waals surface area contributed by atoms with E-state index in [1.165, 1.54) is 11.1 Å². The van der Waals surface area contributed by atoms with Crippen molar-refractivity contribution in [3.8, 4) is 0 Å². The summed E-state index contributed by atoms with van der Waals surface area (Å²) in [5.74, 6) is -1.33. The number of anilines is 2. The van der Waals surface area contributed by atoms with Gasteiger partial charge in [-0.15, -0.1) is 0 Å². The van der Waals surface area contributed by atoms with Crippen molar-refractivity contribution in [3.63, 3.8) is 0 Å². The Morgan fingerprint density at radius 1 is 0.567 bits per heavy atom. The molecule has 0 fully saturated rings. The van der Waals surface area contributed by atoms with Crippen molar-refractivity contribution in [1.29, 1.82) is 0 Å². The first-order valence-electron chi connectivity index (χ1n) is 10.5. The van der Waals surface area contributed by atoms with Gasteiger partial charge in [0.25, 0.3) is 0 Å². The molecule has 0 aliphatic carbocycles. The van der Waals surface area contributed by atoms with Crippen LogP contribution in [-0.4, -0.2) is 11.8 Å². The molecule has 0 heterocycles. The highest BCUT2D eigenvalue weighted by molar-refractivity contribution is 6.44. The molecule has 2 amide bonds. The van der Waals surface area contributed by atoms with Gasteiger partial charge >= 0.3 is 11.8 Å². The summed E-state index contributed by atoms with van der Waals surface area (Å²) in [4.78, 5) is 25.3. The van der Waals surface area contributed by atoms with E-state index < -0.39 is 11.8 Å². The van der Waals surface area contributed by atoms with E-state index in [4.69, 9.17) is 0 Å². The molecule has 0 bridgehead atoms.